The molecule has 0 saturated carbocycles. The largest absolute Gasteiger partial charge is 0.382 e. The van der Waals surface area contributed by atoms with Gasteiger partial charge in [0.2, 0.25) is 5.95 Å². The zero-order valence-electron chi connectivity index (χ0n) is 9.94. The number of aromatic nitrogens is 2. The Bertz CT molecular complexity index is 709. The summed E-state index contributed by atoms with van der Waals surface area (Å²) in [7, 11) is 0. The normalized spacial score (nSPS) is 10.6. The highest BCUT2D eigenvalue weighted by Crippen LogP contribution is 2.35. The van der Waals surface area contributed by atoms with Gasteiger partial charge in [0.25, 0.3) is 6.43 Å². The Labute approximate surface area is 111 Å². The van der Waals surface area contributed by atoms with Crippen LogP contribution < -0.4 is 11.5 Å². The van der Waals surface area contributed by atoms with E-state index in [1.54, 1.807) is 6.07 Å². The fourth-order valence-corrected chi connectivity index (χ4v) is 1.76. The van der Waals surface area contributed by atoms with E-state index in [1.807, 2.05) is 0 Å². The van der Waals surface area contributed by atoms with Crippen LogP contribution in [0.25, 0.3) is 11.3 Å². The molecule has 4 N–H and O–H groups in total. The van der Waals surface area contributed by atoms with Crippen molar-refractivity contribution in [1.82, 2.24) is 9.97 Å². The molecule has 0 aliphatic rings. The lowest BCUT2D eigenvalue weighted by Crippen LogP contribution is -2.07. The highest BCUT2D eigenvalue weighted by atomic mass is 19.3. The highest BCUT2D eigenvalue weighted by molar-refractivity contribution is 5.75. The number of nitriles is 1. The Morgan fingerprint density at radius 1 is 1.20 bits per heavy atom. The molecule has 0 spiro atoms. The van der Waals surface area contributed by atoms with E-state index in [0.717, 1.165) is 18.2 Å². The van der Waals surface area contributed by atoms with Crippen LogP contribution in [0.2, 0.25) is 0 Å². The maximum Gasteiger partial charge on any atom is 0.264 e. The van der Waals surface area contributed by atoms with E-state index in [2.05, 4.69) is 9.97 Å². The van der Waals surface area contributed by atoms with Gasteiger partial charge in [0.1, 0.15) is 23.3 Å². The number of nitrogens with two attached hydrogens (primary N) is 2. The van der Waals surface area contributed by atoms with E-state index in [0.29, 0.717) is 0 Å². The van der Waals surface area contributed by atoms with E-state index in [4.69, 9.17) is 16.7 Å². The van der Waals surface area contributed by atoms with E-state index < -0.39 is 23.4 Å². The number of anilines is 2. The fourth-order valence-electron chi connectivity index (χ4n) is 1.76. The number of hydrogen-bond donors (Lipinski definition) is 2. The first kappa shape index (κ1) is 13.6. The van der Waals surface area contributed by atoms with Gasteiger partial charge in [-0.1, -0.05) is 12.1 Å². The molecular weight excluding hydrogens is 271 g/mol. The molecule has 5 nitrogen and oxygen atoms in total. The second kappa shape index (κ2) is 5.05. The Morgan fingerprint density at radius 2 is 1.90 bits per heavy atom. The summed E-state index contributed by atoms with van der Waals surface area (Å²) in [5.41, 5.74) is 9.12. The van der Waals surface area contributed by atoms with Crippen molar-refractivity contribution in [3.63, 3.8) is 0 Å². The highest BCUT2D eigenvalue weighted by Gasteiger charge is 2.23. The van der Waals surface area contributed by atoms with Gasteiger partial charge in [-0.2, -0.15) is 10.2 Å². The number of benzene rings is 1. The van der Waals surface area contributed by atoms with Crippen molar-refractivity contribution in [3.05, 3.63) is 35.1 Å². The van der Waals surface area contributed by atoms with Gasteiger partial charge in [0.05, 0.1) is 5.69 Å². The van der Waals surface area contributed by atoms with Crippen molar-refractivity contribution < 1.29 is 13.2 Å². The van der Waals surface area contributed by atoms with Gasteiger partial charge in [-0.3, -0.25) is 0 Å². The molecule has 8 heteroatoms. The SMILES string of the molecule is N#Cc1c(N)nc(N)nc1-c1c(F)cccc1C(F)F. The predicted octanol–water partition coefficient (Wildman–Crippen LogP) is 2.26. The average molecular weight is 279 g/mol. The molecule has 2 aromatic rings. The summed E-state index contributed by atoms with van der Waals surface area (Å²) in [6, 6.07) is 4.83. The van der Waals surface area contributed by atoms with Crippen LogP contribution in [0, 0.1) is 17.1 Å². The van der Waals surface area contributed by atoms with E-state index in [9.17, 15) is 13.2 Å². The van der Waals surface area contributed by atoms with E-state index in [1.165, 1.54) is 0 Å². The van der Waals surface area contributed by atoms with Crippen molar-refractivity contribution in [3.8, 4) is 17.3 Å². The first-order chi connectivity index (χ1) is 9.45. The topological polar surface area (TPSA) is 102 Å². The molecule has 0 aliphatic heterocycles. The van der Waals surface area contributed by atoms with E-state index in [-0.39, 0.29) is 23.0 Å². The molecule has 0 amide bonds. The number of rotatable bonds is 2. The predicted molar refractivity (Wildman–Crippen MR) is 65.9 cm³/mol. The number of halogens is 3. The van der Waals surface area contributed by atoms with Crippen molar-refractivity contribution in [2.45, 2.75) is 6.43 Å². The molecule has 0 atom stereocenters. The minimum atomic E-state index is -2.94. The van der Waals surface area contributed by atoms with Gasteiger partial charge in [0.15, 0.2) is 0 Å². The summed E-state index contributed by atoms with van der Waals surface area (Å²) in [5.74, 6) is -1.57. The van der Waals surface area contributed by atoms with Gasteiger partial charge in [-0.15, -0.1) is 0 Å². The maximum absolute atomic E-state index is 13.9. The fraction of sp³-hybridized carbons (Fsp3) is 0.0833. The number of nitrogen functional groups attached to an aromatic ring is 2. The second-order valence-corrected chi connectivity index (χ2v) is 3.81. The van der Waals surface area contributed by atoms with Crippen LogP contribution in [0.4, 0.5) is 24.9 Å². The van der Waals surface area contributed by atoms with Crippen molar-refractivity contribution in [2.24, 2.45) is 0 Å². The van der Waals surface area contributed by atoms with Gasteiger partial charge in [-0.05, 0) is 6.07 Å². The summed E-state index contributed by atoms with van der Waals surface area (Å²) in [6.07, 6.45) is -2.94. The average Bonchev–Trinajstić information content (AvgIpc) is 2.37. The molecular formula is C12H8F3N5. The van der Waals surface area contributed by atoms with Crippen molar-refractivity contribution in [1.29, 1.82) is 5.26 Å². The lowest BCUT2D eigenvalue weighted by Gasteiger charge is -2.12. The Kier molecular flexibility index (Phi) is 3.43. The molecule has 1 aromatic heterocycles. The van der Waals surface area contributed by atoms with Crippen LogP contribution in [0.3, 0.4) is 0 Å². The minimum absolute atomic E-state index is 0.293. The third-order valence-corrected chi connectivity index (χ3v) is 2.58. The molecule has 2 rings (SSSR count). The van der Waals surface area contributed by atoms with E-state index >= 15 is 0 Å². The van der Waals surface area contributed by atoms with Crippen LogP contribution >= 0.6 is 0 Å². The molecule has 0 aliphatic carbocycles. The second-order valence-electron chi connectivity index (χ2n) is 3.81. The summed E-state index contributed by atoms with van der Waals surface area (Å²) >= 11 is 0. The monoisotopic (exact) mass is 279 g/mol. The molecule has 0 bridgehead atoms. The summed E-state index contributed by atoms with van der Waals surface area (Å²) in [6.45, 7) is 0. The Balaban J connectivity index is 2.85. The van der Waals surface area contributed by atoms with Gasteiger partial charge in [-0.25, -0.2) is 18.2 Å². The molecule has 0 saturated heterocycles. The smallest absolute Gasteiger partial charge is 0.264 e. The minimum Gasteiger partial charge on any atom is -0.382 e. The molecule has 0 radical (unpaired) electrons. The summed E-state index contributed by atoms with van der Waals surface area (Å²) < 4.78 is 39.8. The summed E-state index contributed by atoms with van der Waals surface area (Å²) in [5, 5.41) is 9.01. The van der Waals surface area contributed by atoms with Crippen molar-refractivity contribution in [2.75, 3.05) is 11.5 Å². The molecule has 0 unspecified atom stereocenters. The molecule has 0 fully saturated rings. The zero-order chi connectivity index (χ0) is 14.9. The molecule has 1 aromatic carbocycles. The molecule has 102 valence electrons. The number of hydrogen-bond acceptors (Lipinski definition) is 5. The first-order valence-corrected chi connectivity index (χ1v) is 5.35. The first-order valence-electron chi connectivity index (χ1n) is 5.35. The lowest BCUT2D eigenvalue weighted by molar-refractivity contribution is 0.151. The Morgan fingerprint density at radius 3 is 2.50 bits per heavy atom. The van der Waals surface area contributed by atoms with Crippen LogP contribution in [0.5, 0.6) is 0 Å². The third-order valence-electron chi connectivity index (χ3n) is 2.58. The maximum atomic E-state index is 13.9. The quantitative estimate of drug-likeness (QED) is 0.877. The number of alkyl halides is 2. The van der Waals surface area contributed by atoms with Crippen LogP contribution in [-0.4, -0.2) is 9.97 Å². The van der Waals surface area contributed by atoms with Gasteiger partial charge >= 0.3 is 0 Å². The van der Waals surface area contributed by atoms with Gasteiger partial charge < -0.3 is 11.5 Å². The third kappa shape index (κ3) is 2.21. The standard InChI is InChI=1S/C12H8F3N5/c13-7-3-1-2-5(10(14)15)8(7)9-6(4-16)11(17)20-12(18)19-9/h1-3,10H,(H4,17,18,19,20). The van der Waals surface area contributed by atoms with Crippen LogP contribution in [0.15, 0.2) is 18.2 Å². The molecule has 1 heterocycles. The Hall–Kier alpha value is -2.82. The summed E-state index contributed by atoms with van der Waals surface area (Å²) in [4.78, 5) is 7.22. The van der Waals surface area contributed by atoms with Crippen LogP contribution in [0.1, 0.15) is 17.6 Å². The van der Waals surface area contributed by atoms with Crippen molar-refractivity contribution >= 4 is 11.8 Å². The molecule has 20 heavy (non-hydrogen) atoms. The lowest BCUT2D eigenvalue weighted by atomic mass is 10.0. The zero-order valence-corrected chi connectivity index (χ0v) is 9.94. The van der Waals surface area contributed by atoms with Gasteiger partial charge in [0, 0.05) is 11.1 Å². The number of nitrogens with zero attached hydrogens (tertiary/aromatic N) is 3. The van der Waals surface area contributed by atoms with Crippen LogP contribution in [-0.2, 0) is 0 Å².